The Bertz CT molecular complexity index is 1340. The summed E-state index contributed by atoms with van der Waals surface area (Å²) in [5.74, 6) is -0.0679. The van der Waals surface area contributed by atoms with Gasteiger partial charge in [-0.25, -0.2) is 4.98 Å². The maximum atomic E-state index is 13.0. The van der Waals surface area contributed by atoms with E-state index in [2.05, 4.69) is 27.8 Å². The highest BCUT2D eigenvalue weighted by Gasteiger charge is 2.17. The molecule has 34 heavy (non-hydrogen) atoms. The van der Waals surface area contributed by atoms with E-state index in [1.165, 1.54) is 11.8 Å². The molecular weight excluding hydrogens is 444 g/mol. The van der Waals surface area contributed by atoms with Gasteiger partial charge >= 0.3 is 0 Å². The number of nitrogens with one attached hydrogen (secondary N) is 2. The van der Waals surface area contributed by atoms with E-state index in [-0.39, 0.29) is 24.1 Å². The summed E-state index contributed by atoms with van der Waals surface area (Å²) >= 11 is 1.32. The SMILES string of the molecule is Cc1ccc(NC(=O)CSc2nc3ccccc3n2CC(=O)Nc2c(C)cc(C)cc2C)cc1. The monoisotopic (exact) mass is 472 g/mol. The fraction of sp³-hybridized carbons (Fsp3) is 0.222. The minimum Gasteiger partial charge on any atom is -0.325 e. The molecule has 0 saturated heterocycles. The summed E-state index contributed by atoms with van der Waals surface area (Å²) in [5.41, 5.74) is 7.61. The van der Waals surface area contributed by atoms with E-state index in [1.807, 2.05) is 80.8 Å². The Morgan fingerprint density at radius 2 is 1.53 bits per heavy atom. The Morgan fingerprint density at radius 1 is 0.853 bits per heavy atom. The Balaban J connectivity index is 1.50. The van der Waals surface area contributed by atoms with E-state index in [0.29, 0.717) is 5.16 Å². The molecule has 2 N–H and O–H groups in total. The van der Waals surface area contributed by atoms with Gasteiger partial charge in [0.1, 0.15) is 6.54 Å². The molecule has 0 aliphatic rings. The average molecular weight is 473 g/mol. The molecule has 1 aromatic heterocycles. The molecule has 0 fully saturated rings. The zero-order valence-electron chi connectivity index (χ0n) is 19.8. The summed E-state index contributed by atoms with van der Waals surface area (Å²) in [6.07, 6.45) is 0. The van der Waals surface area contributed by atoms with Crippen LogP contribution < -0.4 is 10.6 Å². The fourth-order valence-corrected chi connectivity index (χ4v) is 4.79. The molecule has 2 amide bonds. The van der Waals surface area contributed by atoms with Crippen molar-refractivity contribution in [3.63, 3.8) is 0 Å². The van der Waals surface area contributed by atoms with Crippen LogP contribution in [0.4, 0.5) is 11.4 Å². The summed E-state index contributed by atoms with van der Waals surface area (Å²) < 4.78 is 1.87. The van der Waals surface area contributed by atoms with Crippen molar-refractivity contribution in [3.8, 4) is 0 Å². The normalized spacial score (nSPS) is 10.9. The maximum Gasteiger partial charge on any atom is 0.244 e. The molecule has 0 saturated carbocycles. The van der Waals surface area contributed by atoms with E-state index in [0.717, 1.165) is 44.7 Å². The smallest absolute Gasteiger partial charge is 0.244 e. The molecule has 3 aromatic carbocycles. The van der Waals surface area contributed by atoms with Crippen LogP contribution in [-0.2, 0) is 16.1 Å². The molecule has 4 rings (SSSR count). The van der Waals surface area contributed by atoms with Gasteiger partial charge in [0.2, 0.25) is 11.8 Å². The second-order valence-corrected chi connectivity index (χ2v) is 9.44. The van der Waals surface area contributed by atoms with Crippen molar-refractivity contribution in [3.05, 3.63) is 82.9 Å². The van der Waals surface area contributed by atoms with Gasteiger partial charge in [-0.05, 0) is 63.1 Å². The summed E-state index contributed by atoms with van der Waals surface area (Å²) in [5, 5.41) is 6.60. The van der Waals surface area contributed by atoms with E-state index < -0.39 is 0 Å². The van der Waals surface area contributed by atoms with Gasteiger partial charge in [0.25, 0.3) is 0 Å². The number of anilines is 2. The van der Waals surface area contributed by atoms with Crippen LogP contribution >= 0.6 is 11.8 Å². The summed E-state index contributed by atoms with van der Waals surface area (Å²) in [4.78, 5) is 30.2. The number of amides is 2. The number of thioether (sulfide) groups is 1. The highest BCUT2D eigenvalue weighted by Crippen LogP contribution is 2.26. The highest BCUT2D eigenvalue weighted by atomic mass is 32.2. The topological polar surface area (TPSA) is 76.0 Å². The molecule has 0 aliphatic carbocycles. The quantitative estimate of drug-likeness (QED) is 0.341. The van der Waals surface area contributed by atoms with Gasteiger partial charge in [0, 0.05) is 11.4 Å². The van der Waals surface area contributed by atoms with Gasteiger partial charge in [0.05, 0.1) is 16.8 Å². The van der Waals surface area contributed by atoms with E-state index in [1.54, 1.807) is 0 Å². The number of para-hydroxylation sites is 2. The minimum absolute atomic E-state index is 0.106. The summed E-state index contributed by atoms with van der Waals surface area (Å²) in [6, 6.07) is 19.5. The number of hydrogen-bond donors (Lipinski definition) is 2. The van der Waals surface area contributed by atoms with Gasteiger partial charge in [0.15, 0.2) is 5.16 Å². The molecular formula is C27H28N4O2S. The van der Waals surface area contributed by atoms with Crippen molar-refractivity contribution >= 4 is 46.0 Å². The van der Waals surface area contributed by atoms with E-state index in [9.17, 15) is 9.59 Å². The molecule has 0 bridgehead atoms. The number of hydrogen-bond acceptors (Lipinski definition) is 4. The van der Waals surface area contributed by atoms with Crippen LogP contribution in [0.5, 0.6) is 0 Å². The lowest BCUT2D eigenvalue weighted by molar-refractivity contribution is -0.117. The number of fused-ring (bicyclic) bond motifs is 1. The van der Waals surface area contributed by atoms with Crippen LogP contribution in [0.1, 0.15) is 22.3 Å². The maximum absolute atomic E-state index is 13.0. The van der Waals surface area contributed by atoms with Gasteiger partial charge in [-0.15, -0.1) is 0 Å². The summed E-state index contributed by atoms with van der Waals surface area (Å²) in [7, 11) is 0. The predicted octanol–water partition coefficient (Wildman–Crippen LogP) is 5.64. The van der Waals surface area contributed by atoms with Crippen LogP contribution in [0.2, 0.25) is 0 Å². The molecule has 7 heteroatoms. The molecule has 0 aliphatic heterocycles. The van der Waals surface area contributed by atoms with Gasteiger partial charge in [-0.1, -0.05) is 59.3 Å². The molecule has 0 spiro atoms. The van der Waals surface area contributed by atoms with Crippen LogP contribution in [0.15, 0.2) is 65.8 Å². The lowest BCUT2D eigenvalue weighted by Crippen LogP contribution is -2.21. The second kappa shape index (κ2) is 10.1. The van der Waals surface area contributed by atoms with Gasteiger partial charge in [-0.3, -0.25) is 9.59 Å². The zero-order chi connectivity index (χ0) is 24.2. The predicted molar refractivity (Wildman–Crippen MR) is 140 cm³/mol. The first kappa shape index (κ1) is 23.6. The average Bonchev–Trinajstić information content (AvgIpc) is 3.14. The third-order valence-corrected chi connectivity index (χ3v) is 6.51. The number of carbonyl (C=O) groups is 2. The molecule has 0 unspecified atom stereocenters. The van der Waals surface area contributed by atoms with Crippen LogP contribution in [0, 0.1) is 27.7 Å². The van der Waals surface area contributed by atoms with Crippen molar-refractivity contribution in [2.24, 2.45) is 0 Å². The fourth-order valence-electron chi connectivity index (χ4n) is 3.98. The Kier molecular flexibility index (Phi) is 7.03. The Morgan fingerprint density at radius 3 is 2.24 bits per heavy atom. The standard InChI is InChI=1S/C27H28N4O2S/c1-17-9-11-21(12-10-17)28-25(33)16-34-27-29-22-7-5-6-8-23(22)31(27)15-24(32)30-26-19(3)13-18(2)14-20(26)4/h5-14H,15-16H2,1-4H3,(H,28,33)(H,30,32). The largest absolute Gasteiger partial charge is 0.325 e. The van der Waals surface area contributed by atoms with Crippen molar-refractivity contribution in [2.75, 3.05) is 16.4 Å². The van der Waals surface area contributed by atoms with E-state index >= 15 is 0 Å². The number of nitrogens with zero attached hydrogens (tertiary/aromatic N) is 2. The molecule has 0 atom stereocenters. The number of imidazole rings is 1. The number of aromatic nitrogens is 2. The molecule has 4 aromatic rings. The van der Waals surface area contributed by atoms with Crippen LogP contribution in [0.25, 0.3) is 11.0 Å². The number of aryl methyl sites for hydroxylation is 4. The number of carbonyl (C=O) groups excluding carboxylic acids is 2. The minimum atomic E-state index is -0.135. The van der Waals surface area contributed by atoms with Crippen LogP contribution in [0.3, 0.4) is 0 Å². The van der Waals surface area contributed by atoms with E-state index in [4.69, 9.17) is 0 Å². The third kappa shape index (κ3) is 5.48. The molecule has 0 radical (unpaired) electrons. The molecule has 174 valence electrons. The second-order valence-electron chi connectivity index (χ2n) is 8.49. The highest BCUT2D eigenvalue weighted by molar-refractivity contribution is 7.99. The lowest BCUT2D eigenvalue weighted by Gasteiger charge is -2.14. The Hall–Kier alpha value is -3.58. The summed E-state index contributed by atoms with van der Waals surface area (Å²) in [6.45, 7) is 8.15. The van der Waals surface area contributed by atoms with Crippen molar-refractivity contribution < 1.29 is 9.59 Å². The number of rotatable bonds is 7. The van der Waals surface area contributed by atoms with Gasteiger partial charge < -0.3 is 15.2 Å². The first-order chi connectivity index (χ1) is 16.3. The molecule has 1 heterocycles. The first-order valence-electron chi connectivity index (χ1n) is 11.1. The first-order valence-corrected chi connectivity index (χ1v) is 12.1. The van der Waals surface area contributed by atoms with Gasteiger partial charge in [-0.2, -0.15) is 0 Å². The lowest BCUT2D eigenvalue weighted by atomic mass is 10.1. The van der Waals surface area contributed by atoms with Crippen LogP contribution in [-0.4, -0.2) is 27.1 Å². The van der Waals surface area contributed by atoms with Crippen molar-refractivity contribution in [2.45, 2.75) is 39.4 Å². The van der Waals surface area contributed by atoms with Crippen molar-refractivity contribution in [1.82, 2.24) is 9.55 Å². The van der Waals surface area contributed by atoms with Crippen molar-refractivity contribution in [1.29, 1.82) is 0 Å². The zero-order valence-corrected chi connectivity index (χ0v) is 20.6. The third-order valence-electron chi connectivity index (χ3n) is 5.53. The molecule has 6 nitrogen and oxygen atoms in total. The number of benzene rings is 3. The Labute approximate surface area is 203 Å².